The van der Waals surface area contributed by atoms with E-state index in [1.54, 1.807) is 0 Å². The van der Waals surface area contributed by atoms with Crippen molar-refractivity contribution in [2.24, 2.45) is 0 Å². The second-order valence-corrected chi connectivity index (χ2v) is 8.84. The SMILES string of the molecule is C=C[C@H](OC(=O)[C@](OC)(c1ccccc1)C(F)(F)F)[C@H](OC(=O)[C@](OC)(c1ccccc1)C(F)(F)F)c1ccccc1. The second kappa shape index (κ2) is 12.8. The number of carbonyl (C=O) groups is 2. The number of carbonyl (C=O) groups excluding carboxylic acids is 2. The molecular formula is C30H26F6O6. The molecule has 3 aromatic rings. The van der Waals surface area contributed by atoms with Crippen LogP contribution < -0.4 is 0 Å². The van der Waals surface area contributed by atoms with Gasteiger partial charge in [0.15, 0.2) is 12.2 Å². The molecule has 0 spiro atoms. The molecule has 0 aromatic heterocycles. The van der Waals surface area contributed by atoms with Gasteiger partial charge in [0.2, 0.25) is 0 Å². The molecule has 12 heteroatoms. The molecule has 0 amide bonds. The van der Waals surface area contributed by atoms with Gasteiger partial charge in [0.05, 0.1) is 0 Å². The number of esters is 2. The van der Waals surface area contributed by atoms with Gasteiger partial charge in [0.1, 0.15) is 0 Å². The van der Waals surface area contributed by atoms with Crippen LogP contribution in [-0.4, -0.2) is 44.6 Å². The standard InChI is InChI=1S/C30H26F6O6/c1-4-23(41-25(37)27(39-2,29(31,32)33)21-16-10-6-11-17-21)24(20-14-8-5-9-15-20)42-26(38)28(40-3,30(34,35)36)22-18-12-7-13-19-22/h4-19,23-24H,1H2,2-3H3/t23-,24+,27+,28+/m0/s1. The van der Waals surface area contributed by atoms with Crippen molar-refractivity contribution in [2.75, 3.05) is 14.2 Å². The summed E-state index contributed by atoms with van der Waals surface area (Å²) < 4.78 is 107. The molecule has 0 bridgehead atoms. The Balaban J connectivity index is 2.11. The van der Waals surface area contributed by atoms with E-state index >= 15 is 0 Å². The molecule has 0 aliphatic heterocycles. The number of halogens is 6. The minimum atomic E-state index is -5.35. The lowest BCUT2D eigenvalue weighted by atomic mass is 9.92. The molecule has 0 unspecified atom stereocenters. The van der Waals surface area contributed by atoms with E-state index < -0.39 is 58.8 Å². The Morgan fingerprint density at radius 2 is 1.00 bits per heavy atom. The summed E-state index contributed by atoms with van der Waals surface area (Å²) >= 11 is 0. The third kappa shape index (κ3) is 5.90. The fourth-order valence-electron chi connectivity index (χ4n) is 4.38. The van der Waals surface area contributed by atoms with Crippen molar-refractivity contribution in [3.8, 4) is 0 Å². The Morgan fingerprint density at radius 1 is 0.643 bits per heavy atom. The van der Waals surface area contributed by atoms with Crippen LogP contribution in [0.3, 0.4) is 0 Å². The summed E-state index contributed by atoms with van der Waals surface area (Å²) in [6, 6.07) is 18.8. The maximum Gasteiger partial charge on any atom is 0.432 e. The van der Waals surface area contributed by atoms with E-state index in [4.69, 9.17) is 18.9 Å². The van der Waals surface area contributed by atoms with Gasteiger partial charge in [-0.3, -0.25) is 0 Å². The summed E-state index contributed by atoms with van der Waals surface area (Å²) in [5.41, 5.74) is -8.53. The lowest BCUT2D eigenvalue weighted by Gasteiger charge is -2.36. The zero-order valence-corrected chi connectivity index (χ0v) is 22.3. The first-order chi connectivity index (χ1) is 19.8. The average molecular weight is 597 g/mol. The highest BCUT2D eigenvalue weighted by molar-refractivity contribution is 5.84. The van der Waals surface area contributed by atoms with Crippen LogP contribution >= 0.6 is 0 Å². The van der Waals surface area contributed by atoms with Gasteiger partial charge in [-0.15, -0.1) is 0 Å². The Hall–Kier alpha value is -4.16. The zero-order valence-electron chi connectivity index (χ0n) is 22.3. The molecule has 3 aromatic carbocycles. The number of hydrogen-bond acceptors (Lipinski definition) is 6. The molecular weight excluding hydrogens is 570 g/mol. The molecule has 0 aliphatic rings. The number of rotatable bonds is 11. The highest BCUT2D eigenvalue weighted by atomic mass is 19.4. The Bertz CT molecular complexity index is 1350. The predicted molar refractivity (Wildman–Crippen MR) is 138 cm³/mol. The molecule has 0 N–H and O–H groups in total. The molecule has 0 radical (unpaired) electrons. The molecule has 0 saturated carbocycles. The van der Waals surface area contributed by atoms with Crippen molar-refractivity contribution in [3.05, 3.63) is 120 Å². The fraction of sp³-hybridized carbons (Fsp3) is 0.267. The van der Waals surface area contributed by atoms with E-state index in [0.717, 1.165) is 30.3 Å². The van der Waals surface area contributed by atoms with Crippen LogP contribution in [-0.2, 0) is 39.7 Å². The normalized spacial score (nSPS) is 16.3. The van der Waals surface area contributed by atoms with Crippen LogP contribution in [0.2, 0.25) is 0 Å². The minimum absolute atomic E-state index is 0.0153. The quantitative estimate of drug-likeness (QED) is 0.142. The summed E-state index contributed by atoms with van der Waals surface area (Å²) in [7, 11) is 1.30. The monoisotopic (exact) mass is 596 g/mol. The summed E-state index contributed by atoms with van der Waals surface area (Å²) in [4.78, 5) is 26.7. The number of alkyl halides is 6. The topological polar surface area (TPSA) is 71.1 Å². The molecule has 0 saturated heterocycles. The van der Waals surface area contributed by atoms with Crippen LogP contribution in [0.5, 0.6) is 0 Å². The van der Waals surface area contributed by atoms with Crippen LogP contribution in [0.15, 0.2) is 104 Å². The van der Waals surface area contributed by atoms with Crippen molar-refractivity contribution in [1.82, 2.24) is 0 Å². The Kier molecular flexibility index (Phi) is 9.85. The van der Waals surface area contributed by atoms with Crippen molar-refractivity contribution in [3.63, 3.8) is 0 Å². The van der Waals surface area contributed by atoms with Gasteiger partial charge >= 0.3 is 24.3 Å². The van der Waals surface area contributed by atoms with Gasteiger partial charge in [-0.05, 0) is 11.6 Å². The van der Waals surface area contributed by atoms with Gasteiger partial charge in [0.25, 0.3) is 11.2 Å². The molecule has 42 heavy (non-hydrogen) atoms. The molecule has 4 atom stereocenters. The van der Waals surface area contributed by atoms with Gasteiger partial charge in [-0.2, -0.15) is 26.3 Å². The Labute approximate surface area is 237 Å². The lowest BCUT2D eigenvalue weighted by Crippen LogP contribution is -2.54. The smallest absolute Gasteiger partial charge is 0.432 e. The van der Waals surface area contributed by atoms with E-state index in [0.29, 0.717) is 14.2 Å². The largest absolute Gasteiger partial charge is 0.451 e. The van der Waals surface area contributed by atoms with Gasteiger partial charge in [-0.1, -0.05) is 97.6 Å². The molecule has 224 valence electrons. The number of hydrogen-bond donors (Lipinski definition) is 0. The van der Waals surface area contributed by atoms with Gasteiger partial charge < -0.3 is 18.9 Å². The average Bonchev–Trinajstić information content (AvgIpc) is 2.96. The molecule has 3 rings (SSSR count). The van der Waals surface area contributed by atoms with Crippen LogP contribution in [0.1, 0.15) is 22.8 Å². The van der Waals surface area contributed by atoms with Crippen molar-refractivity contribution >= 4 is 11.9 Å². The highest BCUT2D eigenvalue weighted by Crippen LogP contribution is 2.46. The van der Waals surface area contributed by atoms with Crippen LogP contribution in [0.4, 0.5) is 26.3 Å². The van der Waals surface area contributed by atoms with E-state index in [-0.39, 0.29) is 5.56 Å². The molecule has 0 heterocycles. The van der Waals surface area contributed by atoms with E-state index in [9.17, 15) is 35.9 Å². The number of benzene rings is 3. The van der Waals surface area contributed by atoms with E-state index in [1.165, 1.54) is 66.7 Å². The number of ether oxygens (including phenoxy) is 4. The van der Waals surface area contributed by atoms with Crippen LogP contribution in [0.25, 0.3) is 0 Å². The summed E-state index contributed by atoms with van der Waals surface area (Å²) in [6.45, 7) is 3.46. The number of methoxy groups -OCH3 is 2. The Morgan fingerprint density at radius 3 is 1.33 bits per heavy atom. The van der Waals surface area contributed by atoms with Crippen molar-refractivity contribution in [1.29, 1.82) is 0 Å². The molecule has 0 fully saturated rings. The van der Waals surface area contributed by atoms with Crippen molar-refractivity contribution < 1.29 is 54.9 Å². The van der Waals surface area contributed by atoms with E-state index in [1.807, 2.05) is 0 Å². The summed E-state index contributed by atoms with van der Waals surface area (Å²) in [5, 5.41) is 0. The van der Waals surface area contributed by atoms with Gasteiger partial charge in [-0.25, -0.2) is 9.59 Å². The third-order valence-corrected chi connectivity index (χ3v) is 6.48. The predicted octanol–water partition coefficient (Wildman–Crippen LogP) is 6.58. The van der Waals surface area contributed by atoms with Crippen LogP contribution in [0, 0.1) is 0 Å². The molecule has 6 nitrogen and oxygen atoms in total. The maximum atomic E-state index is 14.5. The first-order valence-corrected chi connectivity index (χ1v) is 12.2. The first kappa shape index (κ1) is 32.4. The highest BCUT2D eigenvalue weighted by Gasteiger charge is 2.66. The fourth-order valence-corrected chi connectivity index (χ4v) is 4.38. The lowest BCUT2D eigenvalue weighted by molar-refractivity contribution is -0.284. The third-order valence-electron chi connectivity index (χ3n) is 6.48. The van der Waals surface area contributed by atoms with Gasteiger partial charge in [0, 0.05) is 25.3 Å². The zero-order chi connectivity index (χ0) is 31.2. The summed E-state index contributed by atoms with van der Waals surface area (Å²) in [5.74, 6) is -3.93. The minimum Gasteiger partial charge on any atom is -0.451 e. The summed E-state index contributed by atoms with van der Waals surface area (Å²) in [6.07, 6.45) is -13.7. The second-order valence-electron chi connectivity index (χ2n) is 8.84. The van der Waals surface area contributed by atoms with E-state index in [2.05, 4.69) is 6.58 Å². The van der Waals surface area contributed by atoms with Crippen molar-refractivity contribution in [2.45, 2.75) is 35.8 Å². The first-order valence-electron chi connectivity index (χ1n) is 12.2. The molecule has 0 aliphatic carbocycles. The maximum absolute atomic E-state index is 14.5.